The lowest BCUT2D eigenvalue weighted by Gasteiger charge is -2.08. The minimum Gasteiger partial charge on any atom is -0.494 e. The molecule has 1 aromatic heterocycles. The molecule has 1 aromatic carbocycles. The molecular formula is C16H20N2O2. The molecule has 4 heteroatoms. The van der Waals surface area contributed by atoms with E-state index < -0.39 is 0 Å². The number of benzene rings is 1. The fourth-order valence-electron chi connectivity index (χ4n) is 2.00. The van der Waals surface area contributed by atoms with Crippen LogP contribution in [-0.2, 0) is 6.54 Å². The molecule has 0 aliphatic rings. The van der Waals surface area contributed by atoms with Gasteiger partial charge in [-0.05, 0) is 43.5 Å². The van der Waals surface area contributed by atoms with E-state index in [1.807, 2.05) is 31.2 Å². The molecule has 2 aromatic rings. The summed E-state index contributed by atoms with van der Waals surface area (Å²) in [5.41, 5.74) is 7.45. The first-order chi connectivity index (χ1) is 9.65. The molecule has 20 heavy (non-hydrogen) atoms. The number of ether oxygens (including phenoxy) is 1. The number of nitrogens with zero attached hydrogens (tertiary/aromatic N) is 1. The quantitative estimate of drug-likeness (QED) is 0.822. The van der Waals surface area contributed by atoms with Crippen LogP contribution in [0.5, 0.6) is 5.75 Å². The summed E-state index contributed by atoms with van der Waals surface area (Å²) in [6.45, 7) is 3.36. The number of hydrogen-bond acceptors (Lipinski definition) is 3. The third kappa shape index (κ3) is 4.16. The number of anilines is 1. The Morgan fingerprint density at radius 3 is 2.85 bits per heavy atom. The summed E-state index contributed by atoms with van der Waals surface area (Å²) in [4.78, 5) is 11.6. The Labute approximate surface area is 118 Å². The van der Waals surface area contributed by atoms with E-state index in [2.05, 4.69) is 0 Å². The molecule has 0 saturated heterocycles. The lowest BCUT2D eigenvalue weighted by molar-refractivity contribution is 0.302. The molecule has 0 aliphatic carbocycles. The number of unbranched alkanes of at least 4 members (excludes halogenated alkanes) is 1. The highest BCUT2D eigenvalue weighted by molar-refractivity contribution is 5.33. The summed E-state index contributed by atoms with van der Waals surface area (Å²) in [5, 5.41) is 0. The number of aromatic nitrogens is 1. The third-order valence-corrected chi connectivity index (χ3v) is 3.06. The van der Waals surface area contributed by atoms with Crippen molar-refractivity contribution in [1.82, 2.24) is 4.57 Å². The van der Waals surface area contributed by atoms with Gasteiger partial charge in [0.2, 0.25) is 0 Å². The molecule has 2 N–H and O–H groups in total. The summed E-state index contributed by atoms with van der Waals surface area (Å²) in [6.07, 6.45) is 3.47. The summed E-state index contributed by atoms with van der Waals surface area (Å²) >= 11 is 0. The van der Waals surface area contributed by atoms with Crippen molar-refractivity contribution in [2.75, 3.05) is 12.3 Å². The number of nitrogens with two attached hydrogens (primary N) is 1. The molecule has 0 unspecified atom stereocenters. The van der Waals surface area contributed by atoms with Crippen molar-refractivity contribution >= 4 is 5.69 Å². The normalized spacial score (nSPS) is 10.4. The van der Waals surface area contributed by atoms with Crippen LogP contribution in [0, 0.1) is 6.92 Å². The molecule has 0 radical (unpaired) electrons. The van der Waals surface area contributed by atoms with Gasteiger partial charge in [0.05, 0.1) is 6.61 Å². The molecular weight excluding hydrogens is 252 g/mol. The first-order valence-electron chi connectivity index (χ1n) is 6.80. The van der Waals surface area contributed by atoms with Gasteiger partial charge in [-0.1, -0.05) is 12.1 Å². The van der Waals surface area contributed by atoms with Crippen LogP contribution in [0.3, 0.4) is 0 Å². The Bertz CT molecular complexity index is 620. The van der Waals surface area contributed by atoms with E-state index in [-0.39, 0.29) is 5.56 Å². The monoisotopic (exact) mass is 272 g/mol. The van der Waals surface area contributed by atoms with Crippen LogP contribution in [-0.4, -0.2) is 11.2 Å². The van der Waals surface area contributed by atoms with Crippen molar-refractivity contribution in [2.45, 2.75) is 26.3 Å². The first kappa shape index (κ1) is 14.2. The van der Waals surface area contributed by atoms with Gasteiger partial charge in [-0.15, -0.1) is 0 Å². The number of nitrogen functional groups attached to an aromatic ring is 1. The Morgan fingerprint density at radius 1 is 1.20 bits per heavy atom. The molecule has 0 spiro atoms. The minimum atomic E-state index is -0.0150. The largest absolute Gasteiger partial charge is 0.494 e. The highest BCUT2D eigenvalue weighted by atomic mass is 16.5. The molecule has 4 nitrogen and oxygen atoms in total. The summed E-state index contributed by atoms with van der Waals surface area (Å²) in [7, 11) is 0. The van der Waals surface area contributed by atoms with E-state index in [0.717, 1.165) is 18.6 Å². The average Bonchev–Trinajstić information content (AvgIpc) is 2.42. The van der Waals surface area contributed by atoms with Crippen molar-refractivity contribution in [3.05, 3.63) is 58.5 Å². The van der Waals surface area contributed by atoms with Gasteiger partial charge in [0.15, 0.2) is 0 Å². The maximum Gasteiger partial charge on any atom is 0.250 e. The number of pyridine rings is 1. The summed E-state index contributed by atoms with van der Waals surface area (Å²) in [5.74, 6) is 0.895. The first-order valence-corrected chi connectivity index (χ1v) is 6.80. The van der Waals surface area contributed by atoms with Gasteiger partial charge in [0.1, 0.15) is 5.75 Å². The van der Waals surface area contributed by atoms with E-state index >= 15 is 0 Å². The fraction of sp³-hybridized carbons (Fsp3) is 0.312. The minimum absolute atomic E-state index is 0.0150. The summed E-state index contributed by atoms with van der Waals surface area (Å²) in [6, 6.07) is 11.1. The number of hydrogen-bond donors (Lipinski definition) is 1. The van der Waals surface area contributed by atoms with Gasteiger partial charge >= 0.3 is 0 Å². The van der Waals surface area contributed by atoms with Crippen LogP contribution in [0.25, 0.3) is 0 Å². The molecule has 106 valence electrons. The van der Waals surface area contributed by atoms with Gasteiger partial charge < -0.3 is 15.0 Å². The molecule has 2 rings (SSSR count). The SMILES string of the molecule is Cc1cccc(OCCCCn2cc(N)ccc2=O)c1. The smallest absolute Gasteiger partial charge is 0.250 e. The predicted octanol–water partition coefficient (Wildman–Crippen LogP) is 2.60. The van der Waals surface area contributed by atoms with Crippen molar-refractivity contribution in [2.24, 2.45) is 0 Å². The Morgan fingerprint density at radius 2 is 2.05 bits per heavy atom. The van der Waals surface area contributed by atoms with Gasteiger partial charge in [-0.2, -0.15) is 0 Å². The molecule has 0 atom stereocenters. The summed E-state index contributed by atoms with van der Waals surface area (Å²) < 4.78 is 7.31. The zero-order chi connectivity index (χ0) is 14.4. The van der Waals surface area contributed by atoms with E-state index in [0.29, 0.717) is 18.8 Å². The second-order valence-corrected chi connectivity index (χ2v) is 4.87. The molecule has 0 amide bonds. The topological polar surface area (TPSA) is 57.2 Å². The van der Waals surface area contributed by atoms with Gasteiger partial charge in [-0.3, -0.25) is 4.79 Å². The van der Waals surface area contributed by atoms with E-state index in [4.69, 9.17) is 10.5 Å². The van der Waals surface area contributed by atoms with Crippen molar-refractivity contribution in [3.8, 4) is 5.75 Å². The highest BCUT2D eigenvalue weighted by Gasteiger charge is 1.98. The molecule has 0 saturated carbocycles. The highest BCUT2D eigenvalue weighted by Crippen LogP contribution is 2.12. The van der Waals surface area contributed by atoms with Crippen LogP contribution in [0.4, 0.5) is 5.69 Å². The molecule has 0 aliphatic heterocycles. The molecule has 1 heterocycles. The zero-order valence-electron chi connectivity index (χ0n) is 11.7. The Kier molecular flexibility index (Phi) is 4.82. The van der Waals surface area contributed by atoms with Gasteiger partial charge in [-0.25, -0.2) is 0 Å². The standard InChI is InChI=1S/C16H20N2O2/c1-13-5-4-6-15(11-13)20-10-3-2-9-18-12-14(17)7-8-16(18)19/h4-8,11-12H,2-3,9-10,17H2,1H3. The molecule has 0 fully saturated rings. The number of aryl methyl sites for hydroxylation is 2. The van der Waals surface area contributed by atoms with E-state index in [9.17, 15) is 4.79 Å². The maximum atomic E-state index is 11.6. The second-order valence-electron chi connectivity index (χ2n) is 4.87. The average molecular weight is 272 g/mol. The van der Waals surface area contributed by atoms with Gasteiger partial charge in [0, 0.05) is 24.5 Å². The maximum absolute atomic E-state index is 11.6. The van der Waals surface area contributed by atoms with Crippen LogP contribution in [0.2, 0.25) is 0 Å². The van der Waals surface area contributed by atoms with Crippen LogP contribution >= 0.6 is 0 Å². The molecule has 0 bridgehead atoms. The van der Waals surface area contributed by atoms with Crippen molar-refractivity contribution in [1.29, 1.82) is 0 Å². The van der Waals surface area contributed by atoms with Crippen molar-refractivity contribution < 1.29 is 4.74 Å². The van der Waals surface area contributed by atoms with Crippen LogP contribution in [0.15, 0.2) is 47.4 Å². The Balaban J connectivity index is 1.74. The number of rotatable bonds is 6. The zero-order valence-corrected chi connectivity index (χ0v) is 11.7. The third-order valence-electron chi connectivity index (χ3n) is 3.06. The van der Waals surface area contributed by atoms with Crippen molar-refractivity contribution in [3.63, 3.8) is 0 Å². The van der Waals surface area contributed by atoms with Gasteiger partial charge in [0.25, 0.3) is 5.56 Å². The van der Waals surface area contributed by atoms with Crippen LogP contribution in [0.1, 0.15) is 18.4 Å². The van der Waals surface area contributed by atoms with E-state index in [1.165, 1.54) is 11.6 Å². The lowest BCUT2D eigenvalue weighted by Crippen LogP contribution is -2.19. The Hall–Kier alpha value is -2.23. The fourth-order valence-corrected chi connectivity index (χ4v) is 2.00. The second kappa shape index (κ2) is 6.80. The van der Waals surface area contributed by atoms with E-state index in [1.54, 1.807) is 16.8 Å². The van der Waals surface area contributed by atoms with Crippen LogP contribution < -0.4 is 16.0 Å². The lowest BCUT2D eigenvalue weighted by atomic mass is 10.2. The predicted molar refractivity (Wildman–Crippen MR) is 81.0 cm³/mol.